The van der Waals surface area contributed by atoms with Crippen molar-refractivity contribution in [3.63, 3.8) is 0 Å². The van der Waals surface area contributed by atoms with Crippen LogP contribution in [0, 0.1) is 6.92 Å². The summed E-state index contributed by atoms with van der Waals surface area (Å²) in [5.74, 6) is -1.17. The SMILES string of the molecule is CCCn1ncc(C(=O)N2CC[C@H]2C(=O)O)c1C. The van der Waals surface area contributed by atoms with Crippen molar-refractivity contribution in [2.24, 2.45) is 0 Å². The maximum Gasteiger partial charge on any atom is 0.326 e. The van der Waals surface area contributed by atoms with Crippen LogP contribution in [0.25, 0.3) is 0 Å². The van der Waals surface area contributed by atoms with E-state index in [1.54, 1.807) is 4.68 Å². The molecule has 98 valence electrons. The van der Waals surface area contributed by atoms with Crippen molar-refractivity contribution >= 4 is 11.9 Å². The van der Waals surface area contributed by atoms with Gasteiger partial charge in [-0.3, -0.25) is 9.48 Å². The number of aromatic nitrogens is 2. The number of hydrogen-bond acceptors (Lipinski definition) is 3. The summed E-state index contributed by atoms with van der Waals surface area (Å²) in [6, 6.07) is -0.675. The second-order valence-electron chi connectivity index (χ2n) is 4.51. The fourth-order valence-corrected chi connectivity index (χ4v) is 2.14. The van der Waals surface area contributed by atoms with Gasteiger partial charge in [-0.25, -0.2) is 4.79 Å². The molecular formula is C12H17N3O3. The summed E-state index contributed by atoms with van der Waals surface area (Å²) < 4.78 is 1.78. The van der Waals surface area contributed by atoms with Gasteiger partial charge >= 0.3 is 5.97 Å². The molecular weight excluding hydrogens is 234 g/mol. The van der Waals surface area contributed by atoms with Gasteiger partial charge in [0.25, 0.3) is 5.91 Å². The number of nitrogens with zero attached hydrogens (tertiary/aromatic N) is 3. The zero-order chi connectivity index (χ0) is 13.3. The third-order valence-corrected chi connectivity index (χ3v) is 3.33. The van der Waals surface area contributed by atoms with E-state index in [-0.39, 0.29) is 5.91 Å². The fraction of sp³-hybridized carbons (Fsp3) is 0.583. The van der Waals surface area contributed by atoms with Crippen LogP contribution in [-0.4, -0.2) is 44.3 Å². The maximum absolute atomic E-state index is 12.2. The highest BCUT2D eigenvalue weighted by atomic mass is 16.4. The molecule has 1 aliphatic heterocycles. The largest absolute Gasteiger partial charge is 0.480 e. The van der Waals surface area contributed by atoms with Crippen LogP contribution in [0.3, 0.4) is 0 Å². The number of likely N-dealkylation sites (tertiary alicyclic amines) is 1. The molecule has 1 aromatic heterocycles. The molecule has 6 heteroatoms. The minimum Gasteiger partial charge on any atom is -0.480 e. The number of aryl methyl sites for hydroxylation is 1. The van der Waals surface area contributed by atoms with Gasteiger partial charge in [0.15, 0.2) is 0 Å². The molecule has 0 bridgehead atoms. The number of carbonyl (C=O) groups is 2. The van der Waals surface area contributed by atoms with Crippen molar-refractivity contribution in [3.05, 3.63) is 17.5 Å². The molecule has 1 saturated heterocycles. The Balaban J connectivity index is 2.17. The van der Waals surface area contributed by atoms with Crippen LogP contribution in [0.15, 0.2) is 6.20 Å². The molecule has 0 radical (unpaired) electrons. The Morgan fingerprint density at radius 2 is 2.28 bits per heavy atom. The number of rotatable bonds is 4. The molecule has 1 N–H and O–H groups in total. The summed E-state index contributed by atoms with van der Waals surface area (Å²) >= 11 is 0. The Morgan fingerprint density at radius 1 is 1.56 bits per heavy atom. The first-order valence-electron chi connectivity index (χ1n) is 6.12. The lowest BCUT2D eigenvalue weighted by Gasteiger charge is -2.37. The Hall–Kier alpha value is -1.85. The third kappa shape index (κ3) is 1.98. The maximum atomic E-state index is 12.2. The Labute approximate surface area is 105 Å². The van der Waals surface area contributed by atoms with Crippen molar-refractivity contribution in [1.29, 1.82) is 0 Å². The smallest absolute Gasteiger partial charge is 0.326 e. The zero-order valence-corrected chi connectivity index (χ0v) is 10.6. The summed E-state index contributed by atoms with van der Waals surface area (Å²) in [5.41, 5.74) is 1.31. The van der Waals surface area contributed by atoms with E-state index < -0.39 is 12.0 Å². The Morgan fingerprint density at radius 3 is 2.78 bits per heavy atom. The number of carboxylic acids is 1. The Kier molecular flexibility index (Phi) is 3.36. The average molecular weight is 251 g/mol. The summed E-state index contributed by atoms with van der Waals surface area (Å²) in [7, 11) is 0. The normalized spacial score (nSPS) is 18.6. The number of aliphatic carboxylic acids is 1. The topological polar surface area (TPSA) is 75.4 Å². The van der Waals surface area contributed by atoms with Crippen LogP contribution in [0.2, 0.25) is 0 Å². The molecule has 1 aromatic rings. The predicted octanol–water partition coefficient (Wildman–Crippen LogP) is 0.901. The van der Waals surface area contributed by atoms with Gasteiger partial charge in [-0.15, -0.1) is 0 Å². The lowest BCUT2D eigenvalue weighted by atomic mass is 10.0. The molecule has 0 unspecified atom stereocenters. The molecule has 0 aliphatic carbocycles. The number of carbonyl (C=O) groups excluding carboxylic acids is 1. The first-order valence-corrected chi connectivity index (χ1v) is 6.12. The minimum atomic E-state index is -0.937. The molecule has 2 heterocycles. The highest BCUT2D eigenvalue weighted by Gasteiger charge is 2.38. The van der Waals surface area contributed by atoms with Crippen molar-refractivity contribution in [2.75, 3.05) is 6.54 Å². The lowest BCUT2D eigenvalue weighted by Crippen LogP contribution is -2.55. The highest BCUT2D eigenvalue weighted by Crippen LogP contribution is 2.22. The molecule has 2 rings (SSSR count). The summed E-state index contributed by atoms with van der Waals surface area (Å²) in [4.78, 5) is 24.5. The second kappa shape index (κ2) is 4.80. The van der Waals surface area contributed by atoms with Gasteiger partial charge in [-0.2, -0.15) is 5.10 Å². The van der Waals surface area contributed by atoms with Gasteiger partial charge < -0.3 is 10.0 Å². The quantitative estimate of drug-likeness (QED) is 0.862. The first kappa shape index (κ1) is 12.6. The molecule has 0 spiro atoms. The zero-order valence-electron chi connectivity index (χ0n) is 10.6. The molecule has 1 atom stereocenters. The van der Waals surface area contributed by atoms with E-state index in [0.717, 1.165) is 18.7 Å². The van der Waals surface area contributed by atoms with Crippen molar-refractivity contribution in [3.8, 4) is 0 Å². The van der Waals surface area contributed by atoms with Gasteiger partial charge in [0.1, 0.15) is 6.04 Å². The van der Waals surface area contributed by atoms with Crippen LogP contribution >= 0.6 is 0 Å². The molecule has 1 aliphatic rings. The van der Waals surface area contributed by atoms with Crippen LogP contribution in [0.1, 0.15) is 35.8 Å². The van der Waals surface area contributed by atoms with Gasteiger partial charge in [-0.1, -0.05) is 6.92 Å². The van der Waals surface area contributed by atoms with Crippen LogP contribution in [-0.2, 0) is 11.3 Å². The molecule has 1 amide bonds. The molecule has 6 nitrogen and oxygen atoms in total. The van der Waals surface area contributed by atoms with Crippen LogP contribution in [0.4, 0.5) is 0 Å². The second-order valence-corrected chi connectivity index (χ2v) is 4.51. The Bertz CT molecular complexity index is 481. The van der Waals surface area contributed by atoms with Crippen LogP contribution in [0.5, 0.6) is 0 Å². The number of amides is 1. The van der Waals surface area contributed by atoms with Gasteiger partial charge in [0.05, 0.1) is 11.8 Å². The van der Waals surface area contributed by atoms with Crippen molar-refractivity contribution < 1.29 is 14.7 Å². The van der Waals surface area contributed by atoms with Gasteiger partial charge in [-0.05, 0) is 19.8 Å². The van der Waals surface area contributed by atoms with E-state index in [9.17, 15) is 9.59 Å². The van der Waals surface area contributed by atoms with Crippen molar-refractivity contribution in [1.82, 2.24) is 14.7 Å². The lowest BCUT2D eigenvalue weighted by molar-refractivity contribution is -0.146. The van der Waals surface area contributed by atoms with E-state index in [1.165, 1.54) is 11.1 Å². The van der Waals surface area contributed by atoms with Gasteiger partial charge in [0.2, 0.25) is 0 Å². The van der Waals surface area contributed by atoms with Gasteiger partial charge in [0, 0.05) is 18.8 Å². The summed E-state index contributed by atoms with van der Waals surface area (Å²) in [6.45, 7) is 5.15. The van der Waals surface area contributed by atoms with E-state index in [4.69, 9.17) is 5.11 Å². The predicted molar refractivity (Wildman–Crippen MR) is 64.3 cm³/mol. The molecule has 0 saturated carbocycles. The fourth-order valence-electron chi connectivity index (χ4n) is 2.14. The summed E-state index contributed by atoms with van der Waals surface area (Å²) in [5, 5.41) is 13.1. The third-order valence-electron chi connectivity index (χ3n) is 3.33. The molecule has 18 heavy (non-hydrogen) atoms. The van der Waals surface area contributed by atoms with Crippen LogP contribution < -0.4 is 0 Å². The van der Waals surface area contributed by atoms with E-state index in [2.05, 4.69) is 5.10 Å². The average Bonchev–Trinajstić information content (AvgIpc) is 2.58. The highest BCUT2D eigenvalue weighted by molar-refractivity contribution is 5.98. The van der Waals surface area contributed by atoms with E-state index in [0.29, 0.717) is 18.5 Å². The van der Waals surface area contributed by atoms with Crippen molar-refractivity contribution in [2.45, 2.75) is 39.3 Å². The first-order chi connectivity index (χ1) is 8.56. The molecule has 1 fully saturated rings. The van der Waals surface area contributed by atoms with E-state index in [1.807, 2.05) is 13.8 Å². The number of hydrogen-bond donors (Lipinski definition) is 1. The monoisotopic (exact) mass is 251 g/mol. The summed E-state index contributed by atoms with van der Waals surface area (Å²) in [6.07, 6.45) is 3.01. The van der Waals surface area contributed by atoms with E-state index >= 15 is 0 Å². The minimum absolute atomic E-state index is 0.228. The molecule has 0 aromatic carbocycles. The number of carboxylic acid groups (broad SMARTS) is 1. The standard InChI is InChI=1S/C12H17N3O3/c1-3-5-15-8(2)9(7-13-15)11(16)14-6-4-10(14)12(17)18/h7,10H,3-6H2,1-2H3,(H,17,18)/t10-/m0/s1.